The zero-order valence-electron chi connectivity index (χ0n) is 18.3. The lowest BCUT2D eigenvalue weighted by Crippen LogP contribution is -2.48. The predicted molar refractivity (Wildman–Crippen MR) is 119 cm³/mol. The van der Waals surface area contributed by atoms with E-state index in [1.54, 1.807) is 12.1 Å². The van der Waals surface area contributed by atoms with Crippen LogP contribution in [0.15, 0.2) is 24.3 Å². The number of thioether (sulfide) groups is 1. The molecule has 0 bridgehead atoms. The Morgan fingerprint density at radius 1 is 1.09 bits per heavy atom. The molecule has 1 aromatic carbocycles. The molecule has 3 heterocycles. The van der Waals surface area contributed by atoms with Crippen molar-refractivity contribution >= 4 is 23.7 Å². The third-order valence-corrected chi connectivity index (χ3v) is 7.86. The average Bonchev–Trinajstić information content (AvgIpc) is 3.31. The van der Waals surface area contributed by atoms with Gasteiger partial charge in [0, 0.05) is 50.1 Å². The van der Waals surface area contributed by atoms with Gasteiger partial charge in [0.15, 0.2) is 0 Å². The van der Waals surface area contributed by atoms with E-state index in [0.717, 1.165) is 43.7 Å². The summed E-state index contributed by atoms with van der Waals surface area (Å²) in [5, 5.41) is 6.36. The molecule has 3 atom stereocenters. The third kappa shape index (κ3) is 6.69. The zero-order valence-corrected chi connectivity index (χ0v) is 19.1. The van der Waals surface area contributed by atoms with Gasteiger partial charge in [0.2, 0.25) is 5.91 Å². The molecule has 0 aromatic heterocycles. The standard InChI is InChI=1S/C22H29F3N4O3S/c23-22(24,25)32-16-7-5-15(6-8-16)13-28-9-11-29(12-10-28)19(30)4-2-1-3-18-20-17(14-33-18)26-21(31)27-20/h5-8,17-18,20H,1-4,9-14H2,(H2,26,27,31)/t17-,18-,20-/m0/s1. The van der Waals surface area contributed by atoms with E-state index in [-0.39, 0.29) is 29.8 Å². The number of fused-ring (bicyclic) bond motifs is 1. The van der Waals surface area contributed by atoms with Crippen molar-refractivity contribution in [2.24, 2.45) is 0 Å². The summed E-state index contributed by atoms with van der Waals surface area (Å²) < 4.78 is 40.7. The van der Waals surface area contributed by atoms with Gasteiger partial charge in [0.25, 0.3) is 0 Å². The number of unbranched alkanes of at least 4 members (excludes halogenated alkanes) is 1. The van der Waals surface area contributed by atoms with E-state index in [4.69, 9.17) is 0 Å². The average molecular weight is 487 g/mol. The molecule has 7 nitrogen and oxygen atoms in total. The number of hydrogen-bond acceptors (Lipinski definition) is 5. The number of carbonyl (C=O) groups excluding carboxylic acids is 2. The summed E-state index contributed by atoms with van der Waals surface area (Å²) in [6, 6.07) is 6.29. The number of piperazine rings is 1. The van der Waals surface area contributed by atoms with Gasteiger partial charge >= 0.3 is 12.4 Å². The van der Waals surface area contributed by atoms with Crippen LogP contribution in [0.5, 0.6) is 5.75 Å². The fourth-order valence-corrected chi connectivity index (χ4v) is 6.18. The second kappa shape index (κ2) is 10.4. The van der Waals surface area contributed by atoms with Crippen molar-refractivity contribution in [3.63, 3.8) is 0 Å². The van der Waals surface area contributed by atoms with E-state index < -0.39 is 6.36 Å². The number of nitrogens with one attached hydrogen (secondary N) is 2. The first kappa shape index (κ1) is 24.0. The van der Waals surface area contributed by atoms with Crippen molar-refractivity contribution in [1.29, 1.82) is 0 Å². The second-order valence-corrected chi connectivity index (χ2v) is 9.99. The van der Waals surface area contributed by atoms with Crippen LogP contribution in [0.2, 0.25) is 0 Å². The van der Waals surface area contributed by atoms with Crippen molar-refractivity contribution < 1.29 is 27.5 Å². The summed E-state index contributed by atoms with van der Waals surface area (Å²) in [4.78, 5) is 28.1. The summed E-state index contributed by atoms with van der Waals surface area (Å²) in [6.07, 6.45) is -1.33. The van der Waals surface area contributed by atoms with Crippen molar-refractivity contribution in [3.8, 4) is 5.75 Å². The second-order valence-electron chi connectivity index (χ2n) is 8.72. The molecule has 182 valence electrons. The zero-order chi connectivity index (χ0) is 23.4. The normalized spacial score (nSPS) is 25.5. The maximum atomic E-state index is 12.6. The van der Waals surface area contributed by atoms with Crippen molar-refractivity contribution in [1.82, 2.24) is 20.4 Å². The lowest BCUT2D eigenvalue weighted by molar-refractivity contribution is -0.274. The van der Waals surface area contributed by atoms with Gasteiger partial charge in [-0.1, -0.05) is 18.6 Å². The van der Waals surface area contributed by atoms with E-state index in [2.05, 4.69) is 20.3 Å². The summed E-state index contributed by atoms with van der Waals surface area (Å²) in [7, 11) is 0. The number of carbonyl (C=O) groups is 2. The Labute approximate surface area is 195 Å². The molecule has 0 radical (unpaired) electrons. The Kier molecular flexibility index (Phi) is 7.58. The number of ether oxygens (including phenoxy) is 1. The summed E-state index contributed by atoms with van der Waals surface area (Å²) in [5.74, 6) is 0.900. The van der Waals surface area contributed by atoms with Crippen LogP contribution in [0.4, 0.5) is 18.0 Å². The number of benzene rings is 1. The molecule has 33 heavy (non-hydrogen) atoms. The molecular formula is C22H29F3N4O3S. The van der Waals surface area contributed by atoms with Crippen LogP contribution >= 0.6 is 11.8 Å². The minimum absolute atomic E-state index is 0.0721. The number of halogens is 3. The number of alkyl halides is 3. The van der Waals surface area contributed by atoms with Crippen molar-refractivity contribution in [2.75, 3.05) is 31.9 Å². The Hall–Kier alpha value is -2.14. The van der Waals surface area contributed by atoms with E-state index in [0.29, 0.717) is 31.3 Å². The molecule has 3 aliphatic rings. The maximum Gasteiger partial charge on any atom is 0.573 e. The molecule has 3 aliphatic heterocycles. The van der Waals surface area contributed by atoms with E-state index in [1.807, 2.05) is 16.7 Å². The van der Waals surface area contributed by atoms with Gasteiger partial charge < -0.3 is 20.3 Å². The highest BCUT2D eigenvalue weighted by atomic mass is 32.2. The fourth-order valence-electron chi connectivity index (χ4n) is 4.63. The van der Waals surface area contributed by atoms with Crippen molar-refractivity contribution in [2.45, 2.75) is 55.9 Å². The SMILES string of the molecule is O=C1N[C@H]2[C@H](CS[C@H]2CCCCC(=O)N2CCN(Cc3ccc(OC(F)(F)F)cc3)CC2)N1. The topological polar surface area (TPSA) is 73.9 Å². The Morgan fingerprint density at radius 3 is 2.52 bits per heavy atom. The molecule has 3 amide bonds. The van der Waals surface area contributed by atoms with Crippen LogP contribution in [0.1, 0.15) is 31.2 Å². The van der Waals surface area contributed by atoms with E-state index in [1.165, 1.54) is 12.1 Å². The molecule has 0 unspecified atom stereocenters. The monoisotopic (exact) mass is 486 g/mol. The lowest BCUT2D eigenvalue weighted by Gasteiger charge is -2.35. The number of hydrogen-bond donors (Lipinski definition) is 2. The molecule has 1 aromatic rings. The van der Waals surface area contributed by atoms with Gasteiger partial charge in [-0.3, -0.25) is 9.69 Å². The van der Waals surface area contributed by atoms with Crippen LogP contribution in [-0.4, -0.2) is 77.4 Å². The van der Waals surface area contributed by atoms with Crippen LogP contribution in [-0.2, 0) is 11.3 Å². The molecule has 0 aliphatic carbocycles. The largest absolute Gasteiger partial charge is 0.573 e. The number of nitrogens with zero attached hydrogens (tertiary/aromatic N) is 2. The lowest BCUT2D eigenvalue weighted by atomic mass is 10.0. The van der Waals surface area contributed by atoms with Gasteiger partial charge in [-0.15, -0.1) is 13.2 Å². The van der Waals surface area contributed by atoms with Gasteiger partial charge in [-0.25, -0.2) is 4.79 Å². The predicted octanol–water partition coefficient (Wildman–Crippen LogP) is 2.96. The molecular weight excluding hydrogens is 457 g/mol. The highest BCUT2D eigenvalue weighted by Crippen LogP contribution is 2.33. The first-order valence-corrected chi connectivity index (χ1v) is 12.4. The Bertz CT molecular complexity index is 831. The fraction of sp³-hybridized carbons (Fsp3) is 0.636. The van der Waals surface area contributed by atoms with Gasteiger partial charge in [-0.05, 0) is 30.5 Å². The summed E-state index contributed by atoms with van der Waals surface area (Å²) >= 11 is 1.89. The van der Waals surface area contributed by atoms with Crippen molar-refractivity contribution in [3.05, 3.63) is 29.8 Å². The minimum atomic E-state index is -4.69. The van der Waals surface area contributed by atoms with Gasteiger partial charge in [0.05, 0.1) is 12.1 Å². The molecule has 3 saturated heterocycles. The quantitative estimate of drug-likeness (QED) is 0.437. The minimum Gasteiger partial charge on any atom is -0.406 e. The van der Waals surface area contributed by atoms with Gasteiger partial charge in [-0.2, -0.15) is 11.8 Å². The summed E-state index contributed by atoms with van der Waals surface area (Å²) in [5.41, 5.74) is 0.907. The van der Waals surface area contributed by atoms with Crippen LogP contribution in [0, 0.1) is 0 Å². The molecule has 0 spiro atoms. The van der Waals surface area contributed by atoms with Gasteiger partial charge in [0.1, 0.15) is 5.75 Å². The van der Waals surface area contributed by atoms with Crippen LogP contribution in [0.3, 0.4) is 0 Å². The third-order valence-electron chi connectivity index (χ3n) is 6.36. The van der Waals surface area contributed by atoms with Crippen LogP contribution < -0.4 is 15.4 Å². The Balaban J connectivity index is 1.11. The molecule has 3 fully saturated rings. The smallest absolute Gasteiger partial charge is 0.406 e. The molecule has 11 heteroatoms. The first-order valence-electron chi connectivity index (χ1n) is 11.3. The van der Waals surface area contributed by atoms with E-state index >= 15 is 0 Å². The highest BCUT2D eigenvalue weighted by Gasteiger charge is 2.42. The maximum absolute atomic E-state index is 12.6. The molecule has 4 rings (SSSR count). The number of urea groups is 1. The van der Waals surface area contributed by atoms with Crippen LogP contribution in [0.25, 0.3) is 0 Å². The summed E-state index contributed by atoms with van der Waals surface area (Å²) in [6.45, 7) is 3.42. The number of amides is 3. The number of rotatable bonds is 8. The van der Waals surface area contributed by atoms with E-state index in [9.17, 15) is 22.8 Å². The molecule has 2 N–H and O–H groups in total. The molecule has 0 saturated carbocycles. The Morgan fingerprint density at radius 2 is 1.82 bits per heavy atom. The first-order chi connectivity index (χ1) is 15.8. The highest BCUT2D eigenvalue weighted by molar-refractivity contribution is 8.00.